The van der Waals surface area contributed by atoms with Gasteiger partial charge >= 0.3 is 11.7 Å². The molecule has 0 atom stereocenters. The van der Waals surface area contributed by atoms with Gasteiger partial charge in [0.15, 0.2) is 0 Å². The Labute approximate surface area is 170 Å². The van der Waals surface area contributed by atoms with Crippen molar-refractivity contribution in [3.63, 3.8) is 0 Å². The molecule has 7 heteroatoms. The zero-order valence-corrected chi connectivity index (χ0v) is 17.1. The smallest absolute Gasteiger partial charge is 0.350 e. The van der Waals surface area contributed by atoms with E-state index in [0.717, 1.165) is 69.5 Å². The van der Waals surface area contributed by atoms with E-state index in [4.69, 9.17) is 5.11 Å². The Morgan fingerprint density at radius 1 is 1.17 bits per heavy atom. The molecule has 1 aromatic heterocycles. The largest absolute Gasteiger partial charge is 0.481 e. The van der Waals surface area contributed by atoms with E-state index in [0.29, 0.717) is 5.92 Å². The Kier molecular flexibility index (Phi) is 5.85. The van der Waals surface area contributed by atoms with Crippen LogP contribution in [-0.4, -0.2) is 38.5 Å². The quantitative estimate of drug-likeness (QED) is 0.808. The highest BCUT2D eigenvalue weighted by Gasteiger charge is 2.26. The van der Waals surface area contributed by atoms with E-state index in [1.807, 2.05) is 13.0 Å². The first-order valence-electron chi connectivity index (χ1n) is 10.8. The Hall–Kier alpha value is -2.41. The molecule has 2 aromatic rings. The number of hydrogen-bond acceptors (Lipinski definition) is 4. The molecule has 0 saturated heterocycles. The van der Waals surface area contributed by atoms with Crippen molar-refractivity contribution < 1.29 is 9.90 Å². The van der Waals surface area contributed by atoms with E-state index in [-0.39, 0.29) is 18.2 Å². The number of nitrogens with one attached hydrogen (secondary N) is 1. The number of carboxylic acids is 1. The van der Waals surface area contributed by atoms with Crippen molar-refractivity contribution in [1.29, 1.82) is 0 Å². The molecule has 0 bridgehead atoms. The lowest BCUT2D eigenvalue weighted by Crippen LogP contribution is -2.30. The van der Waals surface area contributed by atoms with E-state index < -0.39 is 5.97 Å². The maximum Gasteiger partial charge on any atom is 0.350 e. The zero-order chi connectivity index (χ0) is 20.4. The lowest BCUT2D eigenvalue weighted by atomic mass is 9.83. The van der Waals surface area contributed by atoms with Gasteiger partial charge in [0.1, 0.15) is 5.82 Å². The summed E-state index contributed by atoms with van der Waals surface area (Å²) in [5.41, 5.74) is 3.50. The normalized spacial score (nSPS) is 22.1. The number of rotatable bonds is 5. The van der Waals surface area contributed by atoms with E-state index in [9.17, 15) is 9.59 Å². The molecule has 2 N–H and O–H groups in total. The third kappa shape index (κ3) is 4.29. The van der Waals surface area contributed by atoms with E-state index in [1.54, 1.807) is 9.25 Å². The Morgan fingerprint density at radius 2 is 1.90 bits per heavy atom. The topological polar surface area (TPSA) is 89.2 Å². The van der Waals surface area contributed by atoms with Gasteiger partial charge in [-0.25, -0.2) is 14.0 Å². The predicted molar refractivity (Wildman–Crippen MR) is 111 cm³/mol. The third-order valence-corrected chi connectivity index (χ3v) is 6.48. The van der Waals surface area contributed by atoms with Crippen molar-refractivity contribution in [2.24, 2.45) is 5.92 Å². The molecule has 7 nitrogen and oxygen atoms in total. The number of aryl methyl sites for hydroxylation is 1. The van der Waals surface area contributed by atoms with Crippen LogP contribution in [0.25, 0.3) is 5.69 Å². The van der Waals surface area contributed by atoms with Gasteiger partial charge in [0.05, 0.1) is 11.7 Å². The molecule has 2 aliphatic rings. The fourth-order valence-electron chi connectivity index (χ4n) is 4.82. The minimum absolute atomic E-state index is 0.0665. The number of carbonyl (C=O) groups is 1. The summed E-state index contributed by atoms with van der Waals surface area (Å²) in [6, 6.07) is 6.43. The standard InChI is InChI=1S/C22H30N4O3/c1-15-24-26(19-6-2-16(3-7-19)4-9-21(27)28)22(29)25(15)20-8-5-17-10-12-23-13-11-18(17)14-20/h5,8,14,16,19,23H,2-4,6-7,9-13H2,1H3,(H,27,28). The summed E-state index contributed by atoms with van der Waals surface area (Å²) in [6.45, 7) is 3.86. The SMILES string of the molecule is Cc1nn(C2CCC(CCC(=O)O)CC2)c(=O)n1-c1ccc2c(c1)CCNCC2. The highest BCUT2D eigenvalue weighted by molar-refractivity contribution is 5.66. The van der Waals surface area contributed by atoms with Crippen LogP contribution in [0.5, 0.6) is 0 Å². The first kappa shape index (κ1) is 19.9. The number of nitrogens with zero attached hydrogens (tertiary/aromatic N) is 3. The molecular weight excluding hydrogens is 368 g/mol. The second-order valence-corrected chi connectivity index (χ2v) is 8.42. The first-order chi connectivity index (χ1) is 14.0. The minimum atomic E-state index is -0.728. The molecule has 2 heterocycles. The van der Waals surface area contributed by atoms with Crippen LogP contribution in [0.3, 0.4) is 0 Å². The van der Waals surface area contributed by atoms with Crippen LogP contribution < -0.4 is 11.0 Å². The zero-order valence-electron chi connectivity index (χ0n) is 17.1. The first-order valence-corrected chi connectivity index (χ1v) is 10.8. The molecule has 0 spiro atoms. The molecule has 1 aliphatic carbocycles. The number of hydrogen-bond donors (Lipinski definition) is 2. The Morgan fingerprint density at radius 3 is 2.62 bits per heavy atom. The molecule has 0 unspecified atom stereocenters. The summed E-state index contributed by atoms with van der Waals surface area (Å²) < 4.78 is 3.39. The van der Waals surface area contributed by atoms with Crippen LogP contribution in [0.15, 0.2) is 23.0 Å². The molecule has 1 saturated carbocycles. The Balaban J connectivity index is 1.53. The average molecular weight is 399 g/mol. The molecule has 156 valence electrons. The number of benzene rings is 1. The van der Waals surface area contributed by atoms with Crippen LogP contribution in [-0.2, 0) is 17.6 Å². The van der Waals surface area contributed by atoms with Gasteiger partial charge in [-0.1, -0.05) is 6.07 Å². The van der Waals surface area contributed by atoms with E-state index >= 15 is 0 Å². The second-order valence-electron chi connectivity index (χ2n) is 8.42. The molecule has 1 aliphatic heterocycles. The summed E-state index contributed by atoms with van der Waals surface area (Å²) >= 11 is 0. The Bertz CT molecular complexity index is 938. The number of aromatic nitrogens is 3. The molecule has 0 amide bonds. The van der Waals surface area contributed by atoms with Gasteiger partial charge < -0.3 is 10.4 Å². The lowest BCUT2D eigenvalue weighted by molar-refractivity contribution is -0.137. The van der Waals surface area contributed by atoms with Crippen LogP contribution >= 0.6 is 0 Å². The molecular formula is C22H30N4O3. The molecule has 4 rings (SSSR count). The number of carboxylic acid groups (broad SMARTS) is 1. The molecule has 1 aromatic carbocycles. The maximum absolute atomic E-state index is 13.2. The summed E-state index contributed by atoms with van der Waals surface area (Å²) in [6.07, 6.45) is 6.65. The van der Waals surface area contributed by atoms with Crippen molar-refractivity contribution in [3.8, 4) is 5.69 Å². The van der Waals surface area contributed by atoms with Gasteiger partial charge in [-0.2, -0.15) is 5.10 Å². The van der Waals surface area contributed by atoms with Gasteiger partial charge in [0.25, 0.3) is 0 Å². The summed E-state index contributed by atoms with van der Waals surface area (Å²) in [5, 5.41) is 16.9. The van der Waals surface area contributed by atoms with Crippen LogP contribution in [0, 0.1) is 12.8 Å². The third-order valence-electron chi connectivity index (χ3n) is 6.48. The maximum atomic E-state index is 13.2. The second kappa shape index (κ2) is 8.53. The number of aliphatic carboxylic acids is 1. The van der Waals surface area contributed by atoms with Crippen molar-refractivity contribution in [2.45, 2.75) is 64.3 Å². The van der Waals surface area contributed by atoms with Crippen LogP contribution in [0.2, 0.25) is 0 Å². The molecule has 0 radical (unpaired) electrons. The van der Waals surface area contributed by atoms with Crippen LogP contribution in [0.1, 0.15) is 61.5 Å². The highest BCUT2D eigenvalue weighted by Crippen LogP contribution is 2.33. The predicted octanol–water partition coefficient (Wildman–Crippen LogP) is 2.63. The van der Waals surface area contributed by atoms with Crippen molar-refractivity contribution >= 4 is 5.97 Å². The van der Waals surface area contributed by atoms with E-state index in [2.05, 4.69) is 22.5 Å². The lowest BCUT2D eigenvalue weighted by Gasteiger charge is -2.27. The van der Waals surface area contributed by atoms with Gasteiger partial charge in [-0.05, 0) is 94.1 Å². The van der Waals surface area contributed by atoms with Gasteiger partial charge in [-0.15, -0.1) is 0 Å². The van der Waals surface area contributed by atoms with Gasteiger partial charge in [-0.3, -0.25) is 4.79 Å². The monoisotopic (exact) mass is 398 g/mol. The number of fused-ring (bicyclic) bond motifs is 1. The summed E-state index contributed by atoms with van der Waals surface area (Å²) in [7, 11) is 0. The van der Waals surface area contributed by atoms with Crippen LogP contribution in [0.4, 0.5) is 0 Å². The van der Waals surface area contributed by atoms with Gasteiger partial charge in [0.2, 0.25) is 0 Å². The molecule has 1 fully saturated rings. The summed E-state index contributed by atoms with van der Waals surface area (Å²) in [4.78, 5) is 24.0. The van der Waals surface area contributed by atoms with Gasteiger partial charge in [0, 0.05) is 6.42 Å². The fraction of sp³-hybridized carbons (Fsp3) is 0.591. The highest BCUT2D eigenvalue weighted by atomic mass is 16.4. The van der Waals surface area contributed by atoms with E-state index in [1.165, 1.54) is 11.1 Å². The van der Waals surface area contributed by atoms with Crippen molar-refractivity contribution in [2.75, 3.05) is 13.1 Å². The average Bonchev–Trinajstić information content (AvgIpc) is 2.87. The van der Waals surface area contributed by atoms with Crippen molar-refractivity contribution in [1.82, 2.24) is 19.7 Å². The van der Waals surface area contributed by atoms with Crippen molar-refractivity contribution in [3.05, 3.63) is 45.6 Å². The summed E-state index contributed by atoms with van der Waals surface area (Å²) in [5.74, 6) is 0.434. The fourth-order valence-corrected chi connectivity index (χ4v) is 4.82. The minimum Gasteiger partial charge on any atom is -0.481 e. The molecule has 29 heavy (non-hydrogen) atoms.